The van der Waals surface area contributed by atoms with Gasteiger partial charge in [0.15, 0.2) is 0 Å². The number of fused-ring (bicyclic) bond motifs is 1. The zero-order valence-electron chi connectivity index (χ0n) is 12.8. The van der Waals surface area contributed by atoms with Crippen molar-refractivity contribution in [2.45, 2.75) is 38.5 Å². The molecule has 0 spiro atoms. The molecular weight excluding hydrogens is 298 g/mol. The van der Waals surface area contributed by atoms with Gasteiger partial charge in [-0.25, -0.2) is 4.98 Å². The molecule has 0 aromatic carbocycles. The van der Waals surface area contributed by atoms with E-state index in [4.69, 9.17) is 4.52 Å². The summed E-state index contributed by atoms with van der Waals surface area (Å²) in [5, 5.41) is 16.5. The van der Waals surface area contributed by atoms with Gasteiger partial charge in [-0.05, 0) is 38.7 Å². The molecule has 2 fully saturated rings. The first-order chi connectivity index (χ1) is 11.0. The van der Waals surface area contributed by atoms with E-state index in [-0.39, 0.29) is 12.5 Å². The Morgan fingerprint density at radius 1 is 1.43 bits per heavy atom. The number of aryl methyl sites for hydroxylation is 1. The Bertz CT molecular complexity index is 818. The Labute approximate surface area is 132 Å². The van der Waals surface area contributed by atoms with Crippen LogP contribution in [-0.2, 0) is 4.79 Å². The molecule has 2 aromatic heterocycles. The summed E-state index contributed by atoms with van der Waals surface area (Å²) in [4.78, 5) is 28.3. The standard InChI is InChI=1S/C16H17N3O4/c1-8-12-10(13(20)17-7-16(4-5-16)15(21)22)6-11(9-2-3-9)18-14(12)23-19-8/h6,9H,2-5,7H2,1H3,(H,17,20)(H,21,22). The first-order valence-electron chi connectivity index (χ1n) is 7.79. The van der Waals surface area contributed by atoms with Gasteiger partial charge in [-0.1, -0.05) is 5.16 Å². The lowest BCUT2D eigenvalue weighted by atomic mass is 10.1. The topological polar surface area (TPSA) is 105 Å². The van der Waals surface area contributed by atoms with Gasteiger partial charge in [0.05, 0.1) is 22.1 Å². The average Bonchev–Trinajstić information content (AvgIpc) is 3.43. The highest BCUT2D eigenvalue weighted by Gasteiger charge is 2.50. The van der Waals surface area contributed by atoms with Gasteiger partial charge in [-0.3, -0.25) is 9.59 Å². The van der Waals surface area contributed by atoms with Crippen molar-refractivity contribution in [1.29, 1.82) is 0 Å². The Hall–Kier alpha value is -2.44. The Morgan fingerprint density at radius 2 is 2.17 bits per heavy atom. The summed E-state index contributed by atoms with van der Waals surface area (Å²) in [5.74, 6) is -0.763. The van der Waals surface area contributed by atoms with Crippen LogP contribution in [0.25, 0.3) is 11.1 Å². The minimum absolute atomic E-state index is 0.147. The number of nitrogens with zero attached hydrogens (tertiary/aromatic N) is 2. The van der Waals surface area contributed by atoms with E-state index in [0.29, 0.717) is 41.1 Å². The third-order valence-electron chi connectivity index (χ3n) is 4.77. The molecule has 7 heteroatoms. The average molecular weight is 315 g/mol. The van der Waals surface area contributed by atoms with Crippen LogP contribution in [0.1, 0.15) is 53.3 Å². The second-order valence-electron chi connectivity index (χ2n) is 6.59. The van der Waals surface area contributed by atoms with E-state index in [2.05, 4.69) is 15.5 Å². The molecule has 23 heavy (non-hydrogen) atoms. The van der Waals surface area contributed by atoms with Crippen molar-refractivity contribution in [2.24, 2.45) is 5.41 Å². The molecule has 2 aliphatic carbocycles. The van der Waals surface area contributed by atoms with Crippen molar-refractivity contribution in [2.75, 3.05) is 6.54 Å². The quantitative estimate of drug-likeness (QED) is 0.874. The van der Waals surface area contributed by atoms with Gasteiger partial charge < -0.3 is 14.9 Å². The molecule has 120 valence electrons. The second-order valence-corrected chi connectivity index (χ2v) is 6.59. The second kappa shape index (κ2) is 4.78. The minimum atomic E-state index is -0.850. The fraction of sp³-hybridized carbons (Fsp3) is 0.500. The lowest BCUT2D eigenvalue weighted by Crippen LogP contribution is -2.34. The number of carbonyl (C=O) groups excluding carboxylic acids is 1. The number of carboxylic acids is 1. The van der Waals surface area contributed by atoms with Gasteiger partial charge in [0.25, 0.3) is 11.6 Å². The van der Waals surface area contributed by atoms with E-state index in [1.807, 2.05) is 0 Å². The molecule has 2 heterocycles. The van der Waals surface area contributed by atoms with Crippen LogP contribution in [0.5, 0.6) is 0 Å². The van der Waals surface area contributed by atoms with Gasteiger partial charge >= 0.3 is 5.97 Å². The summed E-state index contributed by atoms with van der Waals surface area (Å²) in [5.41, 5.74) is 1.51. The van der Waals surface area contributed by atoms with Crippen molar-refractivity contribution in [3.05, 3.63) is 23.0 Å². The number of carbonyl (C=O) groups is 2. The molecular formula is C16H17N3O4. The van der Waals surface area contributed by atoms with E-state index in [1.165, 1.54) is 0 Å². The number of rotatable bonds is 5. The maximum atomic E-state index is 12.6. The number of hydrogen-bond acceptors (Lipinski definition) is 5. The van der Waals surface area contributed by atoms with Crippen molar-refractivity contribution < 1.29 is 19.2 Å². The third-order valence-corrected chi connectivity index (χ3v) is 4.77. The molecule has 0 atom stereocenters. The Morgan fingerprint density at radius 3 is 2.78 bits per heavy atom. The predicted molar refractivity (Wildman–Crippen MR) is 80.2 cm³/mol. The van der Waals surface area contributed by atoms with E-state index in [9.17, 15) is 14.7 Å². The number of nitrogens with one attached hydrogen (secondary N) is 1. The molecule has 2 aromatic rings. The summed E-state index contributed by atoms with van der Waals surface area (Å²) < 4.78 is 5.22. The number of aromatic nitrogens is 2. The molecule has 4 rings (SSSR count). The smallest absolute Gasteiger partial charge is 0.311 e. The van der Waals surface area contributed by atoms with Gasteiger partial charge in [-0.15, -0.1) is 0 Å². The zero-order chi connectivity index (χ0) is 16.2. The summed E-state index contributed by atoms with van der Waals surface area (Å²) in [6.07, 6.45) is 3.34. The monoisotopic (exact) mass is 315 g/mol. The van der Waals surface area contributed by atoms with E-state index >= 15 is 0 Å². The van der Waals surface area contributed by atoms with Crippen LogP contribution in [0.15, 0.2) is 10.6 Å². The molecule has 2 aliphatic rings. The van der Waals surface area contributed by atoms with Crippen molar-refractivity contribution in [3.63, 3.8) is 0 Å². The van der Waals surface area contributed by atoms with Gasteiger partial charge in [-0.2, -0.15) is 0 Å². The molecule has 0 unspecified atom stereocenters. The minimum Gasteiger partial charge on any atom is -0.481 e. The van der Waals surface area contributed by atoms with Crippen molar-refractivity contribution in [1.82, 2.24) is 15.5 Å². The van der Waals surface area contributed by atoms with Gasteiger partial charge in [0, 0.05) is 18.2 Å². The molecule has 0 radical (unpaired) electrons. The van der Waals surface area contributed by atoms with Crippen LogP contribution in [0, 0.1) is 12.3 Å². The zero-order valence-corrected chi connectivity index (χ0v) is 12.8. The normalized spacial score (nSPS) is 18.8. The number of amides is 1. The number of aliphatic carboxylic acids is 1. The largest absolute Gasteiger partial charge is 0.481 e. The van der Waals surface area contributed by atoms with Crippen LogP contribution in [-0.4, -0.2) is 33.7 Å². The number of carboxylic acid groups (broad SMARTS) is 1. The molecule has 2 N–H and O–H groups in total. The van der Waals surface area contributed by atoms with E-state index in [1.54, 1.807) is 13.0 Å². The predicted octanol–water partition coefficient (Wildman–Crippen LogP) is 2.00. The molecule has 0 aliphatic heterocycles. The van der Waals surface area contributed by atoms with Crippen LogP contribution >= 0.6 is 0 Å². The van der Waals surface area contributed by atoms with Gasteiger partial charge in [0.2, 0.25) is 0 Å². The van der Waals surface area contributed by atoms with Crippen LogP contribution in [0.3, 0.4) is 0 Å². The van der Waals surface area contributed by atoms with Crippen LogP contribution in [0.4, 0.5) is 0 Å². The summed E-state index contributed by atoms with van der Waals surface area (Å²) in [6, 6.07) is 1.79. The van der Waals surface area contributed by atoms with Crippen LogP contribution < -0.4 is 5.32 Å². The highest BCUT2D eigenvalue weighted by Crippen LogP contribution is 2.45. The summed E-state index contributed by atoms with van der Waals surface area (Å²) in [7, 11) is 0. The van der Waals surface area contributed by atoms with Crippen LogP contribution in [0.2, 0.25) is 0 Å². The molecule has 7 nitrogen and oxygen atoms in total. The fourth-order valence-electron chi connectivity index (χ4n) is 2.84. The first-order valence-corrected chi connectivity index (χ1v) is 7.79. The molecule has 1 amide bonds. The SMILES string of the molecule is Cc1noc2nc(C3CC3)cc(C(=O)NCC3(C(=O)O)CC3)c12. The maximum Gasteiger partial charge on any atom is 0.311 e. The summed E-state index contributed by atoms with van der Waals surface area (Å²) in [6.45, 7) is 1.91. The van der Waals surface area contributed by atoms with Crippen molar-refractivity contribution in [3.8, 4) is 0 Å². The number of hydrogen-bond donors (Lipinski definition) is 2. The Kier molecular flexibility index (Phi) is 2.94. The molecule has 0 saturated heterocycles. The molecule has 0 bridgehead atoms. The maximum absolute atomic E-state index is 12.6. The fourth-order valence-corrected chi connectivity index (χ4v) is 2.84. The Balaban J connectivity index is 1.65. The van der Waals surface area contributed by atoms with E-state index in [0.717, 1.165) is 18.5 Å². The lowest BCUT2D eigenvalue weighted by molar-refractivity contribution is -0.143. The lowest BCUT2D eigenvalue weighted by Gasteiger charge is -2.12. The summed E-state index contributed by atoms with van der Waals surface area (Å²) >= 11 is 0. The van der Waals surface area contributed by atoms with Crippen molar-refractivity contribution >= 4 is 23.0 Å². The molecule has 2 saturated carbocycles. The highest BCUT2D eigenvalue weighted by molar-refractivity contribution is 6.06. The number of pyridine rings is 1. The van der Waals surface area contributed by atoms with Gasteiger partial charge in [0.1, 0.15) is 0 Å². The van der Waals surface area contributed by atoms with E-state index < -0.39 is 11.4 Å². The third kappa shape index (κ3) is 2.36. The highest BCUT2D eigenvalue weighted by atomic mass is 16.5. The first kappa shape index (κ1) is 14.2.